The zero-order valence-corrected chi connectivity index (χ0v) is 24.2. The van der Waals surface area contributed by atoms with Crippen molar-refractivity contribution in [1.29, 1.82) is 0 Å². The number of fused-ring (bicyclic) bond motifs is 1. The maximum atomic E-state index is 14.4. The lowest BCUT2D eigenvalue weighted by atomic mass is 9.85. The number of likely N-dealkylation sites (N-methyl/N-ethyl adjacent to an activating group) is 1. The minimum Gasteiger partial charge on any atom is -0.341 e. The number of rotatable bonds is 6. The zero-order valence-electron chi connectivity index (χ0n) is 24.2. The molecule has 3 aromatic rings. The van der Waals surface area contributed by atoms with Crippen molar-refractivity contribution in [3.63, 3.8) is 0 Å². The Balaban J connectivity index is 1.32. The molecule has 44 heavy (non-hydrogen) atoms. The largest absolute Gasteiger partial charge is 0.416 e. The van der Waals surface area contributed by atoms with Crippen LogP contribution in [0.25, 0.3) is 11.0 Å². The third kappa shape index (κ3) is 5.55. The fraction of sp³-hybridized carbons (Fsp3) is 0.400. The van der Waals surface area contributed by atoms with Crippen LogP contribution in [-0.2, 0) is 22.3 Å². The standard InChI is InChI=1S/C30H30F4N6O4/c1-17(2)24(37-25(41)20-15-19(30(32,33)34)5-6-21(20)31)26(42)39-12-8-29(9-13-39)27(43)38(3)28(44)40(29)16-18-4-7-22-23(14-18)36-11-10-35-22/h4-7,10-11,14-15,17,24H,8-9,12-13,16H2,1-3H3,(H,37,41). The van der Waals surface area contributed by atoms with Crippen LogP contribution < -0.4 is 5.32 Å². The molecule has 1 spiro atoms. The second-order valence-corrected chi connectivity index (χ2v) is 11.4. The molecular formula is C30H30F4N6O4. The second kappa shape index (κ2) is 11.5. The molecule has 0 aliphatic carbocycles. The predicted octanol–water partition coefficient (Wildman–Crippen LogP) is 4.00. The van der Waals surface area contributed by atoms with Crippen LogP contribution in [-0.4, -0.2) is 80.1 Å². The minimum absolute atomic E-state index is 0.0718. The first-order chi connectivity index (χ1) is 20.7. The first kappa shape index (κ1) is 30.8. The summed E-state index contributed by atoms with van der Waals surface area (Å²) < 4.78 is 53.9. The lowest BCUT2D eigenvalue weighted by Crippen LogP contribution is -2.60. The molecule has 232 valence electrons. The first-order valence-corrected chi connectivity index (χ1v) is 14.0. The van der Waals surface area contributed by atoms with E-state index in [9.17, 15) is 36.7 Å². The van der Waals surface area contributed by atoms with Gasteiger partial charge < -0.3 is 15.1 Å². The highest BCUT2D eigenvalue weighted by Crippen LogP contribution is 2.38. The van der Waals surface area contributed by atoms with E-state index in [2.05, 4.69) is 15.3 Å². The quantitative estimate of drug-likeness (QED) is 0.332. The molecule has 1 atom stereocenters. The lowest BCUT2D eigenvalue weighted by molar-refractivity contribution is -0.142. The Bertz CT molecular complexity index is 1640. The number of aromatic nitrogens is 2. The van der Waals surface area contributed by atoms with E-state index in [0.717, 1.165) is 10.5 Å². The van der Waals surface area contributed by atoms with Gasteiger partial charge in [0.25, 0.3) is 11.8 Å². The summed E-state index contributed by atoms with van der Waals surface area (Å²) in [7, 11) is 1.41. The van der Waals surface area contributed by atoms with E-state index in [1.54, 1.807) is 38.4 Å². The summed E-state index contributed by atoms with van der Waals surface area (Å²) in [4.78, 5) is 65.7. The molecule has 1 aromatic heterocycles. The maximum absolute atomic E-state index is 14.4. The Morgan fingerprint density at radius 1 is 1.00 bits per heavy atom. The summed E-state index contributed by atoms with van der Waals surface area (Å²) in [5.74, 6) is -3.72. The van der Waals surface area contributed by atoms with Crippen molar-refractivity contribution >= 4 is 34.8 Å². The molecule has 2 aliphatic rings. The average Bonchev–Trinajstić information content (AvgIpc) is 3.15. The molecule has 2 saturated heterocycles. The van der Waals surface area contributed by atoms with Crippen LogP contribution in [0.1, 0.15) is 48.2 Å². The normalized spacial score (nSPS) is 17.6. The van der Waals surface area contributed by atoms with Crippen molar-refractivity contribution < 1.29 is 36.7 Å². The van der Waals surface area contributed by atoms with Gasteiger partial charge in [0.2, 0.25) is 5.91 Å². The SMILES string of the molecule is CC(C)C(NC(=O)c1cc(C(F)(F)F)ccc1F)C(=O)N1CCC2(CC1)C(=O)N(C)C(=O)N2Cc1ccc2nccnc2c1. The summed E-state index contributed by atoms with van der Waals surface area (Å²) in [5, 5.41) is 2.40. The van der Waals surface area contributed by atoms with Gasteiger partial charge in [0.05, 0.1) is 22.2 Å². The Morgan fingerprint density at radius 3 is 2.30 bits per heavy atom. The highest BCUT2D eigenvalue weighted by Gasteiger charge is 2.57. The number of imide groups is 1. The highest BCUT2D eigenvalue weighted by molar-refractivity contribution is 6.07. The molecule has 0 saturated carbocycles. The van der Waals surface area contributed by atoms with E-state index in [0.29, 0.717) is 29.2 Å². The number of alkyl halides is 3. The molecule has 5 rings (SSSR count). The van der Waals surface area contributed by atoms with Crippen LogP contribution in [0.15, 0.2) is 48.8 Å². The van der Waals surface area contributed by atoms with E-state index in [1.165, 1.54) is 16.8 Å². The number of carbonyl (C=O) groups is 4. The molecule has 2 aliphatic heterocycles. The van der Waals surface area contributed by atoms with E-state index < -0.39 is 58.5 Å². The van der Waals surface area contributed by atoms with Gasteiger partial charge in [0.1, 0.15) is 17.4 Å². The van der Waals surface area contributed by atoms with Crippen LogP contribution >= 0.6 is 0 Å². The maximum Gasteiger partial charge on any atom is 0.416 e. The van der Waals surface area contributed by atoms with Crippen LogP contribution in [0.2, 0.25) is 0 Å². The second-order valence-electron chi connectivity index (χ2n) is 11.4. The molecule has 2 fully saturated rings. The molecule has 1 unspecified atom stereocenters. The molecule has 10 nitrogen and oxygen atoms in total. The third-order valence-corrected chi connectivity index (χ3v) is 8.27. The zero-order chi connectivity index (χ0) is 32.0. The van der Waals surface area contributed by atoms with Crippen molar-refractivity contribution in [1.82, 2.24) is 30.0 Å². The Hall–Kier alpha value is -4.62. The van der Waals surface area contributed by atoms with Gasteiger partial charge >= 0.3 is 12.2 Å². The third-order valence-electron chi connectivity index (χ3n) is 8.27. The van der Waals surface area contributed by atoms with E-state index in [1.807, 2.05) is 6.07 Å². The summed E-state index contributed by atoms with van der Waals surface area (Å²) >= 11 is 0. The van der Waals surface area contributed by atoms with Crippen LogP contribution in [0.3, 0.4) is 0 Å². The Labute approximate surface area is 250 Å². The van der Waals surface area contributed by atoms with E-state index in [-0.39, 0.29) is 38.4 Å². The van der Waals surface area contributed by atoms with E-state index >= 15 is 0 Å². The fourth-order valence-corrected chi connectivity index (χ4v) is 5.77. The lowest BCUT2D eigenvalue weighted by Gasteiger charge is -2.43. The van der Waals surface area contributed by atoms with Gasteiger partial charge in [-0.1, -0.05) is 19.9 Å². The number of nitrogens with one attached hydrogen (secondary N) is 1. The summed E-state index contributed by atoms with van der Waals surface area (Å²) in [6.07, 6.45) is -1.41. The fourth-order valence-electron chi connectivity index (χ4n) is 5.77. The average molecular weight is 615 g/mol. The Morgan fingerprint density at radius 2 is 1.66 bits per heavy atom. The van der Waals surface area contributed by atoms with Gasteiger partial charge in [-0.15, -0.1) is 0 Å². The molecule has 3 heterocycles. The van der Waals surface area contributed by atoms with Crippen LogP contribution in [0, 0.1) is 11.7 Å². The van der Waals surface area contributed by atoms with Gasteiger partial charge in [-0.25, -0.2) is 9.18 Å². The number of benzene rings is 2. The van der Waals surface area contributed by atoms with Gasteiger partial charge in [-0.3, -0.25) is 29.3 Å². The molecular weight excluding hydrogens is 584 g/mol. The number of halogens is 4. The summed E-state index contributed by atoms with van der Waals surface area (Å²) in [6.45, 7) is 3.55. The smallest absolute Gasteiger partial charge is 0.341 e. The van der Waals surface area contributed by atoms with Crippen LogP contribution in [0.4, 0.5) is 22.4 Å². The summed E-state index contributed by atoms with van der Waals surface area (Å²) in [6, 6.07) is 5.24. The number of amides is 5. The predicted molar refractivity (Wildman–Crippen MR) is 149 cm³/mol. The van der Waals surface area contributed by atoms with Gasteiger partial charge in [0, 0.05) is 39.1 Å². The Kier molecular flexibility index (Phi) is 8.03. The number of likely N-dealkylation sites (tertiary alicyclic amines) is 1. The molecule has 14 heteroatoms. The highest BCUT2D eigenvalue weighted by atomic mass is 19.4. The van der Waals surface area contributed by atoms with Gasteiger partial charge in [0.15, 0.2) is 0 Å². The monoisotopic (exact) mass is 614 g/mol. The number of carbonyl (C=O) groups excluding carboxylic acids is 4. The molecule has 2 aromatic carbocycles. The number of nitrogens with zero attached hydrogens (tertiary/aromatic N) is 5. The van der Waals surface area contributed by atoms with Crippen molar-refractivity contribution in [3.05, 3.63) is 71.3 Å². The number of hydrogen-bond donors (Lipinski definition) is 1. The van der Waals surface area contributed by atoms with Gasteiger partial charge in [-0.05, 0) is 54.7 Å². The van der Waals surface area contributed by atoms with Crippen molar-refractivity contribution in [2.45, 2.75) is 51.0 Å². The minimum atomic E-state index is -4.79. The first-order valence-electron chi connectivity index (χ1n) is 14.0. The van der Waals surface area contributed by atoms with E-state index in [4.69, 9.17) is 0 Å². The number of hydrogen-bond acceptors (Lipinski definition) is 6. The molecule has 0 radical (unpaired) electrons. The van der Waals surface area contributed by atoms with Gasteiger partial charge in [-0.2, -0.15) is 13.2 Å². The van der Waals surface area contributed by atoms with Crippen molar-refractivity contribution in [2.75, 3.05) is 20.1 Å². The number of piperidine rings is 1. The molecule has 0 bridgehead atoms. The van der Waals surface area contributed by atoms with Crippen molar-refractivity contribution in [3.8, 4) is 0 Å². The molecule has 1 N–H and O–H groups in total. The van der Waals surface area contributed by atoms with Crippen molar-refractivity contribution in [2.24, 2.45) is 5.92 Å². The topological polar surface area (TPSA) is 116 Å². The summed E-state index contributed by atoms with van der Waals surface area (Å²) in [5.41, 5.74) is -1.16. The number of urea groups is 1. The van der Waals surface area contributed by atoms with Crippen LogP contribution in [0.5, 0.6) is 0 Å². The molecule has 5 amide bonds.